The highest BCUT2D eigenvalue weighted by molar-refractivity contribution is 6.11. The lowest BCUT2D eigenvalue weighted by atomic mass is 10.3. The Morgan fingerprint density at radius 2 is 2.06 bits per heavy atom. The second-order valence-corrected chi connectivity index (χ2v) is 3.88. The number of aromatic nitrogens is 2. The number of amidine groups is 1. The third-order valence-electron chi connectivity index (χ3n) is 2.58. The van der Waals surface area contributed by atoms with Crippen LogP contribution in [0.15, 0.2) is 34.2 Å². The van der Waals surface area contributed by atoms with Gasteiger partial charge in [0.25, 0.3) is 11.5 Å². The van der Waals surface area contributed by atoms with Crippen LogP contribution in [0.1, 0.15) is 6.42 Å². The van der Waals surface area contributed by atoms with Crippen molar-refractivity contribution < 1.29 is 4.79 Å². The van der Waals surface area contributed by atoms with Crippen LogP contribution >= 0.6 is 0 Å². The summed E-state index contributed by atoms with van der Waals surface area (Å²) in [5.41, 5.74) is 6.18. The molecular weight excluding hydrogens is 234 g/mol. The summed E-state index contributed by atoms with van der Waals surface area (Å²) in [7, 11) is 0. The van der Waals surface area contributed by atoms with Gasteiger partial charge in [-0.2, -0.15) is 10.1 Å². The van der Waals surface area contributed by atoms with Crippen molar-refractivity contribution in [2.75, 3.05) is 5.01 Å². The average molecular weight is 243 g/mol. The molecule has 3 N–H and O–H groups in total. The Morgan fingerprint density at radius 3 is 2.78 bits per heavy atom. The van der Waals surface area contributed by atoms with E-state index in [9.17, 15) is 9.59 Å². The second-order valence-electron chi connectivity index (χ2n) is 3.88. The quantitative estimate of drug-likeness (QED) is 0.731. The lowest BCUT2D eigenvalue weighted by Crippen LogP contribution is -2.28. The van der Waals surface area contributed by atoms with Gasteiger partial charge in [-0.05, 0) is 12.1 Å². The minimum Gasteiger partial charge on any atom is -0.385 e. The summed E-state index contributed by atoms with van der Waals surface area (Å²) in [5.74, 6) is -0.241. The van der Waals surface area contributed by atoms with Crippen LogP contribution in [-0.4, -0.2) is 21.7 Å². The molecular formula is C11H9N5O2. The van der Waals surface area contributed by atoms with Crippen molar-refractivity contribution in [1.29, 1.82) is 0 Å². The molecule has 1 aromatic heterocycles. The number of carbonyl (C=O) groups is 1. The van der Waals surface area contributed by atoms with E-state index in [0.717, 1.165) is 5.01 Å². The molecule has 0 saturated heterocycles. The highest BCUT2D eigenvalue weighted by Crippen LogP contribution is 2.15. The Balaban J connectivity index is 2.21. The molecule has 0 spiro atoms. The predicted octanol–water partition coefficient (Wildman–Crippen LogP) is -0.0680. The van der Waals surface area contributed by atoms with Crippen LogP contribution in [0.3, 0.4) is 0 Å². The van der Waals surface area contributed by atoms with Gasteiger partial charge in [0.15, 0.2) is 0 Å². The zero-order valence-corrected chi connectivity index (χ0v) is 9.25. The third-order valence-corrected chi connectivity index (χ3v) is 2.58. The standard InChI is InChI=1S/C11H9N5O2/c12-8-5-9(17)16(15-8)10-11(18)14-7-4-2-1-3-6(7)13-10/h1-4H,5H2,(H2,12,15)(H,14,18). The number of H-pyrrole nitrogens is 1. The summed E-state index contributed by atoms with van der Waals surface area (Å²) in [6.07, 6.45) is 0.00788. The van der Waals surface area contributed by atoms with Gasteiger partial charge in [-0.3, -0.25) is 9.59 Å². The number of amides is 1. The van der Waals surface area contributed by atoms with Crippen molar-refractivity contribution in [2.45, 2.75) is 6.42 Å². The summed E-state index contributed by atoms with van der Waals surface area (Å²) in [5, 5.41) is 4.75. The number of aromatic amines is 1. The zero-order chi connectivity index (χ0) is 12.7. The fourth-order valence-electron chi connectivity index (χ4n) is 1.78. The van der Waals surface area contributed by atoms with Crippen LogP contribution in [0.5, 0.6) is 0 Å². The molecule has 7 heteroatoms. The predicted molar refractivity (Wildman–Crippen MR) is 66.1 cm³/mol. The average Bonchev–Trinajstić information content (AvgIpc) is 2.67. The van der Waals surface area contributed by atoms with Crippen molar-refractivity contribution in [1.82, 2.24) is 9.97 Å². The Morgan fingerprint density at radius 1 is 1.28 bits per heavy atom. The number of benzene rings is 1. The van der Waals surface area contributed by atoms with E-state index in [1.807, 2.05) is 0 Å². The largest absolute Gasteiger partial charge is 0.385 e. The number of nitrogens with one attached hydrogen (secondary N) is 1. The monoisotopic (exact) mass is 243 g/mol. The molecule has 3 rings (SSSR count). The van der Waals surface area contributed by atoms with E-state index in [0.29, 0.717) is 11.0 Å². The first-order valence-corrected chi connectivity index (χ1v) is 5.30. The smallest absolute Gasteiger partial charge is 0.293 e. The van der Waals surface area contributed by atoms with Crippen molar-refractivity contribution in [3.05, 3.63) is 34.6 Å². The first-order valence-electron chi connectivity index (χ1n) is 5.30. The Hall–Kier alpha value is -2.70. The van der Waals surface area contributed by atoms with E-state index in [-0.39, 0.29) is 24.0 Å². The van der Waals surface area contributed by atoms with Gasteiger partial charge in [-0.25, -0.2) is 4.98 Å². The highest BCUT2D eigenvalue weighted by atomic mass is 16.2. The maximum absolute atomic E-state index is 11.9. The maximum Gasteiger partial charge on any atom is 0.293 e. The maximum atomic E-state index is 11.9. The summed E-state index contributed by atoms with van der Waals surface area (Å²) in [4.78, 5) is 30.3. The molecule has 0 aliphatic carbocycles. The van der Waals surface area contributed by atoms with Crippen molar-refractivity contribution in [3.63, 3.8) is 0 Å². The number of hydrogen-bond donors (Lipinski definition) is 2. The second kappa shape index (κ2) is 3.66. The first kappa shape index (κ1) is 10.5. The van der Waals surface area contributed by atoms with Gasteiger partial charge in [0, 0.05) is 0 Å². The van der Waals surface area contributed by atoms with Gasteiger partial charge in [0.1, 0.15) is 5.84 Å². The van der Waals surface area contributed by atoms with Gasteiger partial charge in [-0.15, -0.1) is 0 Å². The van der Waals surface area contributed by atoms with Crippen LogP contribution < -0.4 is 16.3 Å². The van der Waals surface area contributed by atoms with Gasteiger partial charge in [-0.1, -0.05) is 12.1 Å². The van der Waals surface area contributed by atoms with E-state index < -0.39 is 5.56 Å². The van der Waals surface area contributed by atoms with E-state index in [1.54, 1.807) is 24.3 Å². The molecule has 0 fully saturated rings. The van der Waals surface area contributed by atoms with E-state index in [1.165, 1.54) is 0 Å². The molecule has 1 aliphatic heterocycles. The van der Waals surface area contributed by atoms with Crippen LogP contribution in [-0.2, 0) is 4.79 Å². The number of rotatable bonds is 1. The number of hydrogen-bond acceptors (Lipinski definition) is 5. The number of carbonyl (C=O) groups excluding carboxylic acids is 1. The molecule has 1 aliphatic rings. The van der Waals surface area contributed by atoms with Gasteiger partial charge in [0.05, 0.1) is 17.5 Å². The summed E-state index contributed by atoms with van der Waals surface area (Å²) in [6, 6.07) is 7.05. The summed E-state index contributed by atoms with van der Waals surface area (Å²) < 4.78 is 0. The van der Waals surface area contributed by atoms with Crippen LogP contribution in [0.25, 0.3) is 11.0 Å². The molecule has 2 heterocycles. The fraction of sp³-hybridized carbons (Fsp3) is 0.0909. The SMILES string of the molecule is NC1=NN(c2nc3ccccc3[nH]c2=O)C(=O)C1. The molecule has 90 valence electrons. The van der Waals surface area contributed by atoms with E-state index in [2.05, 4.69) is 15.1 Å². The molecule has 1 aromatic carbocycles. The molecule has 0 bridgehead atoms. The topological polar surface area (TPSA) is 104 Å². The number of hydrazone groups is 1. The van der Waals surface area contributed by atoms with Crippen LogP contribution in [0.4, 0.5) is 5.82 Å². The minimum absolute atomic E-state index is 0.00788. The molecule has 2 aromatic rings. The normalized spacial score (nSPS) is 15.2. The Kier molecular flexibility index (Phi) is 2.12. The van der Waals surface area contributed by atoms with Crippen LogP contribution in [0, 0.1) is 0 Å². The molecule has 0 atom stereocenters. The van der Waals surface area contributed by atoms with Crippen molar-refractivity contribution in [3.8, 4) is 0 Å². The van der Waals surface area contributed by atoms with Gasteiger partial charge in [0.2, 0.25) is 5.82 Å². The van der Waals surface area contributed by atoms with Crippen molar-refractivity contribution in [2.24, 2.45) is 10.8 Å². The molecule has 18 heavy (non-hydrogen) atoms. The number of nitrogens with zero attached hydrogens (tertiary/aromatic N) is 3. The number of nitrogens with two attached hydrogens (primary N) is 1. The van der Waals surface area contributed by atoms with E-state index in [4.69, 9.17) is 5.73 Å². The lowest BCUT2D eigenvalue weighted by molar-refractivity contribution is -0.116. The van der Waals surface area contributed by atoms with Gasteiger partial charge >= 0.3 is 0 Å². The molecule has 0 radical (unpaired) electrons. The molecule has 0 unspecified atom stereocenters. The zero-order valence-electron chi connectivity index (χ0n) is 9.25. The minimum atomic E-state index is -0.472. The molecule has 1 amide bonds. The number of fused-ring (bicyclic) bond motifs is 1. The van der Waals surface area contributed by atoms with E-state index >= 15 is 0 Å². The number of para-hydroxylation sites is 2. The fourth-order valence-corrected chi connectivity index (χ4v) is 1.78. The molecule has 0 saturated carbocycles. The summed E-state index contributed by atoms with van der Waals surface area (Å²) >= 11 is 0. The van der Waals surface area contributed by atoms with Gasteiger partial charge < -0.3 is 10.7 Å². The van der Waals surface area contributed by atoms with Crippen LogP contribution in [0.2, 0.25) is 0 Å². The Labute approximate surface area is 101 Å². The lowest BCUT2D eigenvalue weighted by Gasteiger charge is -2.09. The number of anilines is 1. The Bertz CT molecular complexity index is 734. The molecule has 7 nitrogen and oxygen atoms in total. The first-order chi connectivity index (χ1) is 8.65. The third kappa shape index (κ3) is 1.53. The highest BCUT2D eigenvalue weighted by Gasteiger charge is 2.27. The van der Waals surface area contributed by atoms with Crippen molar-refractivity contribution >= 4 is 28.6 Å². The summed E-state index contributed by atoms with van der Waals surface area (Å²) in [6.45, 7) is 0.